The van der Waals surface area contributed by atoms with Crippen LogP contribution in [0.25, 0.3) is 0 Å². The molecule has 1 saturated carbocycles. The Morgan fingerprint density at radius 2 is 1.73 bits per heavy atom. The number of ether oxygens (including phenoxy) is 1. The lowest BCUT2D eigenvalue weighted by molar-refractivity contribution is -0.122. The molecule has 0 spiro atoms. The Balaban J connectivity index is 1.95. The van der Waals surface area contributed by atoms with Crippen LogP contribution in [0.1, 0.15) is 0 Å². The molecule has 2 rings (SSSR count). The Kier molecular flexibility index (Phi) is 1.51. The van der Waals surface area contributed by atoms with Gasteiger partial charge in [0.2, 0.25) is 11.6 Å². The van der Waals surface area contributed by atoms with Gasteiger partial charge >= 0.3 is 0 Å². The Morgan fingerprint density at radius 3 is 2.18 bits per heavy atom. The summed E-state index contributed by atoms with van der Waals surface area (Å²) >= 11 is 0. The van der Waals surface area contributed by atoms with Crippen LogP contribution in [0.5, 0.6) is 0 Å². The highest BCUT2D eigenvalue weighted by molar-refractivity contribution is 6.63. The van der Waals surface area contributed by atoms with E-state index in [1.54, 1.807) is 0 Å². The highest BCUT2D eigenvalue weighted by Gasteiger charge is 2.52. The molecule has 2 fully saturated rings. The first-order chi connectivity index (χ1) is 5.30. The van der Waals surface area contributed by atoms with E-state index in [2.05, 4.69) is 0 Å². The van der Waals surface area contributed by atoms with Crippen LogP contribution < -0.4 is 0 Å². The smallest absolute Gasteiger partial charge is 0.225 e. The highest BCUT2D eigenvalue weighted by Crippen LogP contribution is 2.18. The zero-order chi connectivity index (χ0) is 7.84. The van der Waals surface area contributed by atoms with Crippen LogP contribution in [-0.4, -0.2) is 48.8 Å². The van der Waals surface area contributed by atoms with Crippen molar-refractivity contribution in [1.82, 2.24) is 4.90 Å². The summed E-state index contributed by atoms with van der Waals surface area (Å²) in [5.74, 6) is -0.459. The van der Waals surface area contributed by atoms with Crippen LogP contribution in [0.15, 0.2) is 0 Å². The molecule has 0 radical (unpaired) electrons. The predicted octanol–water partition coefficient (Wildman–Crippen LogP) is -1.16. The number of morpholine rings is 1. The topological polar surface area (TPSA) is 46.6 Å². The van der Waals surface area contributed by atoms with Gasteiger partial charge in [-0.3, -0.25) is 14.5 Å². The minimum atomic E-state index is -0.404. The van der Waals surface area contributed by atoms with Gasteiger partial charge in [-0.15, -0.1) is 0 Å². The van der Waals surface area contributed by atoms with Crippen LogP contribution in [0.4, 0.5) is 0 Å². The Labute approximate surface area is 64.1 Å². The van der Waals surface area contributed by atoms with E-state index in [0.29, 0.717) is 26.3 Å². The molecule has 1 aliphatic carbocycles. The zero-order valence-corrected chi connectivity index (χ0v) is 6.08. The lowest BCUT2D eigenvalue weighted by Gasteiger charge is -2.24. The summed E-state index contributed by atoms with van der Waals surface area (Å²) in [7, 11) is 0. The van der Waals surface area contributed by atoms with Gasteiger partial charge < -0.3 is 4.74 Å². The van der Waals surface area contributed by atoms with Crippen molar-refractivity contribution in [1.29, 1.82) is 0 Å². The first-order valence-electron chi connectivity index (χ1n) is 3.70. The molecular formula is C7H9NO3. The van der Waals surface area contributed by atoms with Crippen molar-refractivity contribution in [2.75, 3.05) is 26.3 Å². The van der Waals surface area contributed by atoms with Crippen LogP contribution in [0, 0.1) is 0 Å². The minimum absolute atomic E-state index is 0.230. The summed E-state index contributed by atoms with van der Waals surface area (Å²) in [4.78, 5) is 23.3. The van der Waals surface area contributed by atoms with E-state index < -0.39 is 6.04 Å². The highest BCUT2D eigenvalue weighted by atomic mass is 16.5. The minimum Gasteiger partial charge on any atom is -0.379 e. The SMILES string of the molecule is O=C1C(=O)C1N1CCOCC1. The number of rotatable bonds is 1. The summed E-state index contributed by atoms with van der Waals surface area (Å²) in [5.41, 5.74) is 0. The van der Waals surface area contributed by atoms with Gasteiger partial charge in [-0.05, 0) is 0 Å². The fraction of sp³-hybridized carbons (Fsp3) is 0.714. The third-order valence-electron chi connectivity index (χ3n) is 2.07. The van der Waals surface area contributed by atoms with Crippen molar-refractivity contribution in [3.8, 4) is 0 Å². The van der Waals surface area contributed by atoms with Crippen LogP contribution in [0.2, 0.25) is 0 Å². The molecule has 4 heteroatoms. The van der Waals surface area contributed by atoms with E-state index >= 15 is 0 Å². The van der Waals surface area contributed by atoms with E-state index in [1.165, 1.54) is 0 Å². The number of hydrogen-bond acceptors (Lipinski definition) is 4. The van der Waals surface area contributed by atoms with E-state index in [4.69, 9.17) is 4.74 Å². The summed E-state index contributed by atoms with van der Waals surface area (Å²) in [5, 5.41) is 0. The standard InChI is InChI=1S/C7H9NO3/c9-6-5(7(6)10)8-1-3-11-4-2-8/h5H,1-4H2. The van der Waals surface area contributed by atoms with E-state index in [0.717, 1.165) is 0 Å². The monoisotopic (exact) mass is 155 g/mol. The zero-order valence-electron chi connectivity index (χ0n) is 6.08. The molecule has 0 N–H and O–H groups in total. The average molecular weight is 155 g/mol. The number of nitrogens with zero attached hydrogens (tertiary/aromatic N) is 1. The number of carbonyl (C=O) groups excluding carboxylic acids is 2. The van der Waals surface area contributed by atoms with Gasteiger partial charge in [0.1, 0.15) is 6.04 Å². The van der Waals surface area contributed by atoms with Gasteiger partial charge in [0, 0.05) is 13.1 Å². The molecule has 1 heterocycles. The normalized spacial score (nSPS) is 27.6. The Bertz CT molecular complexity index is 194. The second kappa shape index (κ2) is 2.39. The van der Waals surface area contributed by atoms with Crippen LogP contribution >= 0.6 is 0 Å². The third kappa shape index (κ3) is 1.08. The number of ketones is 2. The molecule has 0 aromatic carbocycles. The molecule has 1 saturated heterocycles. The average Bonchev–Trinajstić information content (AvgIpc) is 2.62. The van der Waals surface area contributed by atoms with Crippen molar-refractivity contribution in [2.45, 2.75) is 6.04 Å². The van der Waals surface area contributed by atoms with E-state index in [9.17, 15) is 9.59 Å². The summed E-state index contributed by atoms with van der Waals surface area (Å²) in [6.45, 7) is 2.69. The molecule has 0 bridgehead atoms. The Hall–Kier alpha value is -0.740. The Morgan fingerprint density at radius 1 is 1.18 bits per heavy atom. The number of hydrogen-bond donors (Lipinski definition) is 0. The number of carbonyl (C=O) groups is 2. The van der Waals surface area contributed by atoms with Gasteiger partial charge in [0.15, 0.2) is 0 Å². The van der Waals surface area contributed by atoms with Crippen molar-refractivity contribution in [2.24, 2.45) is 0 Å². The second-order valence-electron chi connectivity index (χ2n) is 2.78. The molecule has 11 heavy (non-hydrogen) atoms. The fourth-order valence-corrected chi connectivity index (χ4v) is 1.34. The molecule has 4 nitrogen and oxygen atoms in total. The second-order valence-corrected chi connectivity index (χ2v) is 2.78. The quantitative estimate of drug-likeness (QED) is 0.354. The van der Waals surface area contributed by atoms with Crippen molar-refractivity contribution in [3.05, 3.63) is 0 Å². The molecule has 0 aromatic rings. The summed E-state index contributed by atoms with van der Waals surface area (Å²) < 4.78 is 5.08. The largest absolute Gasteiger partial charge is 0.379 e. The maximum absolute atomic E-state index is 10.7. The maximum Gasteiger partial charge on any atom is 0.225 e. The third-order valence-corrected chi connectivity index (χ3v) is 2.07. The first kappa shape index (κ1) is 6.94. The van der Waals surface area contributed by atoms with Crippen molar-refractivity contribution in [3.63, 3.8) is 0 Å². The lowest BCUT2D eigenvalue weighted by atomic mass is 10.4. The predicted molar refractivity (Wildman–Crippen MR) is 36.2 cm³/mol. The van der Waals surface area contributed by atoms with Gasteiger partial charge in [-0.25, -0.2) is 0 Å². The molecule has 2 aliphatic rings. The van der Waals surface area contributed by atoms with E-state index in [-0.39, 0.29) is 11.6 Å². The van der Waals surface area contributed by atoms with Crippen LogP contribution in [0.3, 0.4) is 0 Å². The molecule has 0 aromatic heterocycles. The molecule has 1 aliphatic heterocycles. The molecular weight excluding hydrogens is 146 g/mol. The van der Waals surface area contributed by atoms with Crippen LogP contribution in [-0.2, 0) is 14.3 Å². The first-order valence-corrected chi connectivity index (χ1v) is 3.70. The van der Waals surface area contributed by atoms with Gasteiger partial charge in [0.05, 0.1) is 13.2 Å². The van der Waals surface area contributed by atoms with Gasteiger partial charge in [0.25, 0.3) is 0 Å². The van der Waals surface area contributed by atoms with Gasteiger partial charge in [-0.1, -0.05) is 0 Å². The summed E-state index contributed by atoms with van der Waals surface area (Å²) in [6, 6.07) is -0.404. The lowest BCUT2D eigenvalue weighted by Crippen LogP contribution is -2.39. The fourth-order valence-electron chi connectivity index (χ4n) is 1.34. The molecule has 0 amide bonds. The van der Waals surface area contributed by atoms with Crippen molar-refractivity contribution >= 4 is 11.6 Å². The molecule has 0 unspecified atom stereocenters. The van der Waals surface area contributed by atoms with Gasteiger partial charge in [-0.2, -0.15) is 0 Å². The number of Topliss-reactive ketones (excluding diaryl/α,β-unsaturated/α-hetero) is 2. The molecule has 0 atom stereocenters. The maximum atomic E-state index is 10.7. The summed E-state index contributed by atoms with van der Waals surface area (Å²) in [6.07, 6.45) is 0. The molecule has 60 valence electrons. The van der Waals surface area contributed by atoms with Crippen molar-refractivity contribution < 1.29 is 14.3 Å². The van der Waals surface area contributed by atoms with E-state index in [1.807, 2.05) is 4.90 Å².